The van der Waals surface area contributed by atoms with Gasteiger partial charge in [-0.05, 0) is 113 Å². The van der Waals surface area contributed by atoms with E-state index in [1.54, 1.807) is 106 Å². The molecule has 100 heavy (non-hydrogen) atoms. The Morgan fingerprint density at radius 1 is 0.890 bits per heavy atom. The number of likely N-dealkylation sites (tertiary alicyclic amines) is 1. The quantitative estimate of drug-likeness (QED) is 0.0245. The van der Waals surface area contributed by atoms with Gasteiger partial charge in [-0.2, -0.15) is 0 Å². The second kappa shape index (κ2) is 28.9. The van der Waals surface area contributed by atoms with Crippen molar-refractivity contribution in [3.63, 3.8) is 0 Å². The number of ether oxygens (including phenoxy) is 6. The lowest BCUT2D eigenvalue weighted by Gasteiger charge is -2.67. The van der Waals surface area contributed by atoms with Crippen molar-refractivity contribution in [1.29, 1.82) is 0 Å². The van der Waals surface area contributed by atoms with Crippen LogP contribution in [0.15, 0.2) is 102 Å². The molecule has 3 aliphatic carbocycles. The molecule has 7 N–H and O–H groups in total. The SMILES string of the molecule is CCNC(=O)c1nnc(-c2cc(C(C)C)c(O)cc2O)n1-c1ccc(N(C)C2CCN(C(=O)CSCC(=O)O[C@@H](C(=O)OC3C[C@@]4(O)[C@@H](OC(=O)c5ccccc5)[C@@H]5[C@]6(OC(C)=O)CO[C@@H]6C[C@H](O)[C@@]5(C)C(=O)[C@H](O)C(=C3C)C4(C)C)[C@@H](NC(=O)OC(C)(C)C)c3ccccc3)CC2)nc1. The minimum absolute atomic E-state index is 0.0261. The summed E-state index contributed by atoms with van der Waals surface area (Å²) in [5.41, 5.74) is -7.85. The zero-order chi connectivity index (χ0) is 72.7. The number of carbonyl (C=O) groups is 8. The maximum atomic E-state index is 15.5. The second-order valence-electron chi connectivity index (χ2n) is 28.3. The van der Waals surface area contributed by atoms with Gasteiger partial charge in [0.15, 0.2) is 17.2 Å². The summed E-state index contributed by atoms with van der Waals surface area (Å²) in [5, 5.41) is 74.2. The number of aliphatic hydroxyl groups is 3. The first-order valence-electron chi connectivity index (χ1n) is 33.4. The third-order valence-electron chi connectivity index (χ3n) is 20.2. The molecule has 4 heterocycles. The summed E-state index contributed by atoms with van der Waals surface area (Å²) in [6.45, 7) is 18.1. The molecule has 11 atom stereocenters. The highest BCUT2D eigenvalue weighted by Crippen LogP contribution is 2.64. The molecule has 0 spiro atoms. The lowest BCUT2D eigenvalue weighted by Crippen LogP contribution is -2.81. The smallest absolute Gasteiger partial charge is 0.408 e. The molecule has 3 amide bonds. The van der Waals surface area contributed by atoms with Crippen LogP contribution in [0.4, 0.5) is 10.6 Å². The van der Waals surface area contributed by atoms with Crippen LogP contribution in [0.1, 0.15) is 146 Å². The highest BCUT2D eigenvalue weighted by Gasteiger charge is 2.78. The second-order valence-corrected chi connectivity index (χ2v) is 29.2. The van der Waals surface area contributed by atoms with Crippen LogP contribution in [0.5, 0.6) is 11.5 Å². The highest BCUT2D eigenvalue weighted by atomic mass is 32.2. The number of Topliss-reactive ketones (excluding diaryl/α,β-unsaturated/α-hetero) is 1. The first-order chi connectivity index (χ1) is 47.2. The number of anilines is 1. The van der Waals surface area contributed by atoms with Gasteiger partial charge < -0.3 is 74.4 Å². The van der Waals surface area contributed by atoms with E-state index in [4.69, 9.17) is 33.4 Å². The van der Waals surface area contributed by atoms with Gasteiger partial charge >= 0.3 is 30.0 Å². The van der Waals surface area contributed by atoms with Crippen LogP contribution in [-0.2, 0) is 52.4 Å². The van der Waals surface area contributed by atoms with E-state index in [0.717, 1.165) is 18.7 Å². The highest BCUT2D eigenvalue weighted by molar-refractivity contribution is 8.00. The van der Waals surface area contributed by atoms with Crippen LogP contribution in [-0.4, -0.2) is 202 Å². The van der Waals surface area contributed by atoms with Crippen LogP contribution >= 0.6 is 11.8 Å². The van der Waals surface area contributed by atoms with Crippen molar-refractivity contribution in [2.24, 2.45) is 16.7 Å². The predicted molar refractivity (Wildman–Crippen MR) is 363 cm³/mol. The fourth-order valence-corrected chi connectivity index (χ4v) is 15.6. The van der Waals surface area contributed by atoms with Crippen LogP contribution in [0.25, 0.3) is 17.1 Å². The zero-order valence-corrected chi connectivity index (χ0v) is 58.9. The molecule has 2 bridgehead atoms. The van der Waals surface area contributed by atoms with E-state index in [9.17, 15) is 54.3 Å². The number of piperidine rings is 1. The molecule has 5 aliphatic rings. The number of pyridine rings is 1. The van der Waals surface area contributed by atoms with E-state index in [-0.39, 0.29) is 87.6 Å². The van der Waals surface area contributed by atoms with E-state index in [1.165, 1.54) is 50.5 Å². The van der Waals surface area contributed by atoms with E-state index >= 15 is 9.59 Å². The van der Waals surface area contributed by atoms with Gasteiger partial charge in [0.25, 0.3) is 5.91 Å². The number of alkyl carbamates (subject to hydrolysis) is 1. The summed E-state index contributed by atoms with van der Waals surface area (Å²) < 4.78 is 38.1. The Balaban J connectivity index is 0.877. The Morgan fingerprint density at radius 2 is 1.56 bits per heavy atom. The average molecular weight is 1400 g/mol. The Hall–Kier alpha value is -8.96. The third kappa shape index (κ3) is 14.1. The Labute approximate surface area is 583 Å². The van der Waals surface area contributed by atoms with Gasteiger partial charge in [-0.1, -0.05) is 76.2 Å². The number of amides is 3. The van der Waals surface area contributed by atoms with Crippen molar-refractivity contribution in [1.82, 2.24) is 35.3 Å². The molecular formula is C72H88N8O19S. The summed E-state index contributed by atoms with van der Waals surface area (Å²) in [6, 6.07) is 20.5. The lowest BCUT2D eigenvalue weighted by atomic mass is 9.44. The standard InChI is InChI=1S/C72H88N8O19S/c1-13-73-64(89)63-77-76-62(46-30-45(38(2)3)47(82)31-48(46)83)80(63)44-24-25-52(74-34-44)78(12)43-26-28-79(29-27-43)53(85)35-100-36-54(86)96-58(56(41-20-16-14-17-21-41)75-67(92)99-68(6,7)8)66(91)95-49-33-72(93)61(97-65(90)42-22-18-15-19-23-42)59-70(11,60(88)57(87)55(39(49)4)69(72,9)10)50(84)32-51-71(59,37-94-51)98-40(5)81/h14-25,30-31,34,38,43,49-51,56-59,61,82-84,87,93H,13,26-29,32-33,35-37H2,1-12H3,(H,73,89)(H,75,92)/t49?,50-,51+,56-,57+,58+,59-,61-,70+,71-,72+/m0/s1. The van der Waals surface area contributed by atoms with E-state index < -0.39 is 130 Å². The number of phenolic OH excluding ortho intramolecular Hbond substituents is 2. The number of phenols is 2. The van der Waals surface area contributed by atoms with Crippen LogP contribution in [0.2, 0.25) is 0 Å². The molecule has 536 valence electrons. The van der Waals surface area contributed by atoms with Crippen molar-refractivity contribution < 1.29 is 92.3 Å². The number of aliphatic hydroxyl groups excluding tert-OH is 2. The molecule has 28 heteroatoms. The number of benzene rings is 3. The van der Waals surface area contributed by atoms with Crippen LogP contribution < -0.4 is 15.5 Å². The normalized spacial score (nSPS) is 25.5. The number of ketones is 1. The monoisotopic (exact) mass is 1400 g/mol. The maximum absolute atomic E-state index is 15.5. The summed E-state index contributed by atoms with van der Waals surface area (Å²) in [5.74, 6) is -7.94. The van der Waals surface area contributed by atoms with Gasteiger partial charge in [0.1, 0.15) is 59.0 Å². The Morgan fingerprint density at radius 3 is 2.16 bits per heavy atom. The molecule has 1 unspecified atom stereocenters. The van der Waals surface area contributed by atoms with Crippen molar-refractivity contribution in [3.8, 4) is 28.6 Å². The minimum Gasteiger partial charge on any atom is -0.508 e. The Kier molecular flexibility index (Phi) is 21.3. The van der Waals surface area contributed by atoms with E-state index in [0.29, 0.717) is 49.5 Å². The number of hydrogen-bond donors (Lipinski definition) is 7. The molecule has 2 saturated heterocycles. The number of fused-ring (bicyclic) bond motifs is 5. The molecule has 0 radical (unpaired) electrons. The molecule has 10 rings (SSSR count). The Bertz CT molecular complexity index is 3970. The molecule has 5 aromatic rings. The van der Waals surface area contributed by atoms with E-state index in [1.807, 2.05) is 25.8 Å². The summed E-state index contributed by atoms with van der Waals surface area (Å²) >= 11 is 0.919. The molecule has 2 aromatic heterocycles. The predicted octanol–water partition coefficient (Wildman–Crippen LogP) is 6.60. The number of nitrogens with zero attached hydrogens (tertiary/aromatic N) is 6. The van der Waals surface area contributed by atoms with Crippen LogP contribution in [0, 0.1) is 16.7 Å². The van der Waals surface area contributed by atoms with Gasteiger partial charge in [-0.25, -0.2) is 19.4 Å². The van der Waals surface area contributed by atoms with Gasteiger partial charge in [0, 0.05) is 64.0 Å². The molecule has 2 aliphatic heterocycles. The lowest BCUT2D eigenvalue weighted by molar-refractivity contribution is -0.346. The molecule has 27 nitrogen and oxygen atoms in total. The number of esters is 4. The summed E-state index contributed by atoms with van der Waals surface area (Å²) in [4.78, 5) is 122. The molecule has 2 saturated carbocycles. The number of aromatic nitrogens is 4. The van der Waals surface area contributed by atoms with Gasteiger partial charge in [0.05, 0.1) is 58.6 Å². The van der Waals surface area contributed by atoms with Crippen molar-refractivity contribution >= 4 is 65.1 Å². The summed E-state index contributed by atoms with van der Waals surface area (Å²) in [7, 11) is 1.88. The number of nitrogens with one attached hydrogen (secondary N) is 2. The fraction of sp³-hybridized carbons (Fsp3) is 0.514. The largest absolute Gasteiger partial charge is 0.508 e. The fourth-order valence-electron chi connectivity index (χ4n) is 14.9. The number of rotatable bonds is 20. The zero-order valence-electron chi connectivity index (χ0n) is 58.0. The van der Waals surface area contributed by atoms with Crippen molar-refractivity contribution in [3.05, 3.63) is 125 Å². The first kappa shape index (κ1) is 73.7. The van der Waals surface area contributed by atoms with Gasteiger partial charge in [-0.15, -0.1) is 22.0 Å². The van der Waals surface area contributed by atoms with Crippen molar-refractivity contribution in [2.45, 2.75) is 173 Å². The minimum atomic E-state index is -2.50. The average Bonchev–Trinajstić information content (AvgIpc) is 0.682. The van der Waals surface area contributed by atoms with E-state index in [2.05, 4.69) is 20.8 Å². The molecule has 3 aromatic carbocycles. The number of hydrogen-bond acceptors (Lipinski definition) is 24. The number of carbonyl (C=O) groups excluding carboxylic acids is 8. The number of thioether (sulfide) groups is 1. The third-order valence-corrected chi connectivity index (χ3v) is 21.1. The topological polar surface area (TPSA) is 367 Å². The first-order valence-corrected chi connectivity index (χ1v) is 34.5. The van der Waals surface area contributed by atoms with Crippen LogP contribution in [0.3, 0.4) is 0 Å². The maximum Gasteiger partial charge on any atom is 0.408 e. The molecule has 4 fully saturated rings. The van der Waals surface area contributed by atoms with Gasteiger partial charge in [-0.3, -0.25) is 28.5 Å². The summed E-state index contributed by atoms with van der Waals surface area (Å²) in [6.07, 6.45) is -9.69. The van der Waals surface area contributed by atoms with Gasteiger partial charge in [0.2, 0.25) is 17.8 Å². The molecular weight excluding hydrogens is 1310 g/mol. The number of aromatic hydroxyl groups is 2. The van der Waals surface area contributed by atoms with Crippen molar-refractivity contribution in [2.75, 3.05) is 49.7 Å².